The average Bonchev–Trinajstić information content (AvgIpc) is 3.25. The highest BCUT2D eigenvalue weighted by atomic mass is 35.5. The minimum atomic E-state index is -1.19. The molecule has 0 bridgehead atoms. The molecule has 1 fully saturated rings. The van der Waals surface area contributed by atoms with Gasteiger partial charge in [-0.25, -0.2) is 13.2 Å². The zero-order valence-corrected chi connectivity index (χ0v) is 11.9. The van der Waals surface area contributed by atoms with E-state index in [1.54, 1.807) is 18.2 Å². The van der Waals surface area contributed by atoms with Crippen molar-refractivity contribution in [3.8, 4) is 11.1 Å². The molecule has 1 saturated carbocycles. The minimum Gasteiger partial charge on any atom is -0.310 e. The fourth-order valence-electron chi connectivity index (χ4n) is 2.24. The number of benzene rings is 2. The molecule has 3 rings (SSSR count). The van der Waals surface area contributed by atoms with Gasteiger partial charge in [-0.3, -0.25) is 0 Å². The molecule has 0 aliphatic heterocycles. The summed E-state index contributed by atoms with van der Waals surface area (Å²) in [6.07, 6.45) is 2.24. The van der Waals surface area contributed by atoms with Crippen molar-refractivity contribution in [2.75, 3.05) is 0 Å². The summed E-state index contributed by atoms with van der Waals surface area (Å²) in [6, 6.07) is 6.88. The molecule has 2 aromatic carbocycles. The van der Waals surface area contributed by atoms with Crippen LogP contribution in [0.4, 0.5) is 13.2 Å². The number of nitrogens with one attached hydrogen (secondary N) is 1. The third kappa shape index (κ3) is 3.22. The van der Waals surface area contributed by atoms with Crippen LogP contribution < -0.4 is 5.32 Å². The lowest BCUT2D eigenvalue weighted by Crippen LogP contribution is -2.16. The van der Waals surface area contributed by atoms with E-state index in [0.29, 0.717) is 29.2 Å². The van der Waals surface area contributed by atoms with Gasteiger partial charge in [-0.05, 0) is 42.2 Å². The highest BCUT2D eigenvalue weighted by Crippen LogP contribution is 2.31. The van der Waals surface area contributed by atoms with Crippen molar-refractivity contribution in [1.82, 2.24) is 5.32 Å². The molecule has 0 atom stereocenters. The Balaban J connectivity index is 2.02. The van der Waals surface area contributed by atoms with Gasteiger partial charge in [0, 0.05) is 29.2 Å². The Kier molecular flexibility index (Phi) is 3.91. The third-order valence-corrected chi connectivity index (χ3v) is 3.76. The van der Waals surface area contributed by atoms with Crippen LogP contribution in [0.1, 0.15) is 18.4 Å². The van der Waals surface area contributed by atoms with Gasteiger partial charge in [0.15, 0.2) is 11.6 Å². The van der Waals surface area contributed by atoms with Crippen LogP contribution in [0.25, 0.3) is 11.1 Å². The molecule has 110 valence electrons. The average molecular weight is 312 g/mol. The van der Waals surface area contributed by atoms with E-state index in [-0.39, 0.29) is 5.56 Å². The van der Waals surface area contributed by atoms with E-state index in [9.17, 15) is 13.2 Å². The van der Waals surface area contributed by atoms with Crippen LogP contribution in [-0.2, 0) is 6.54 Å². The van der Waals surface area contributed by atoms with Gasteiger partial charge in [0.1, 0.15) is 5.82 Å². The summed E-state index contributed by atoms with van der Waals surface area (Å²) in [4.78, 5) is 0. The van der Waals surface area contributed by atoms with Gasteiger partial charge in [-0.1, -0.05) is 17.7 Å². The molecular formula is C16H13ClF3N. The van der Waals surface area contributed by atoms with Gasteiger partial charge < -0.3 is 5.32 Å². The van der Waals surface area contributed by atoms with Gasteiger partial charge in [0.05, 0.1) is 0 Å². The van der Waals surface area contributed by atoms with E-state index >= 15 is 0 Å². The van der Waals surface area contributed by atoms with E-state index in [1.807, 2.05) is 0 Å². The SMILES string of the molecule is Fc1cc(F)c(-c2ccc(Cl)cc2CNC2CC2)cc1F. The molecule has 1 aliphatic carbocycles. The Morgan fingerprint density at radius 3 is 2.38 bits per heavy atom. The first-order valence-corrected chi connectivity index (χ1v) is 7.09. The summed E-state index contributed by atoms with van der Waals surface area (Å²) in [5.74, 6) is -3.05. The summed E-state index contributed by atoms with van der Waals surface area (Å²) in [5.41, 5.74) is 1.32. The van der Waals surface area contributed by atoms with Crippen LogP contribution in [0.5, 0.6) is 0 Å². The van der Waals surface area contributed by atoms with Crippen molar-refractivity contribution < 1.29 is 13.2 Å². The van der Waals surface area contributed by atoms with E-state index in [0.717, 1.165) is 24.5 Å². The van der Waals surface area contributed by atoms with Crippen molar-refractivity contribution in [2.24, 2.45) is 0 Å². The highest BCUT2D eigenvalue weighted by Gasteiger charge is 2.21. The first kappa shape index (κ1) is 14.4. The fourth-order valence-corrected chi connectivity index (χ4v) is 2.44. The van der Waals surface area contributed by atoms with Crippen molar-refractivity contribution in [2.45, 2.75) is 25.4 Å². The maximum atomic E-state index is 13.9. The van der Waals surface area contributed by atoms with Crippen LogP contribution in [0.15, 0.2) is 30.3 Å². The van der Waals surface area contributed by atoms with Gasteiger partial charge in [-0.2, -0.15) is 0 Å². The summed E-state index contributed by atoms with van der Waals surface area (Å²) < 4.78 is 40.4. The molecule has 0 heterocycles. The largest absolute Gasteiger partial charge is 0.310 e. The molecule has 0 radical (unpaired) electrons. The normalized spacial score (nSPS) is 14.5. The molecule has 21 heavy (non-hydrogen) atoms. The molecule has 0 amide bonds. The van der Waals surface area contributed by atoms with E-state index in [2.05, 4.69) is 5.32 Å². The molecule has 1 aliphatic rings. The molecular weight excluding hydrogens is 299 g/mol. The second-order valence-corrected chi connectivity index (χ2v) is 5.64. The summed E-state index contributed by atoms with van der Waals surface area (Å²) in [6.45, 7) is 0.513. The zero-order chi connectivity index (χ0) is 15.0. The van der Waals surface area contributed by atoms with E-state index in [4.69, 9.17) is 11.6 Å². The van der Waals surface area contributed by atoms with Crippen molar-refractivity contribution in [3.63, 3.8) is 0 Å². The predicted octanol–water partition coefficient (Wildman–Crippen LogP) is 4.68. The second-order valence-electron chi connectivity index (χ2n) is 5.20. The first-order chi connectivity index (χ1) is 10.0. The lowest BCUT2D eigenvalue weighted by atomic mass is 9.98. The predicted molar refractivity (Wildman–Crippen MR) is 76.6 cm³/mol. The van der Waals surface area contributed by atoms with Crippen molar-refractivity contribution in [3.05, 3.63) is 58.4 Å². The number of rotatable bonds is 4. The minimum absolute atomic E-state index is 0.0400. The number of hydrogen-bond donors (Lipinski definition) is 1. The lowest BCUT2D eigenvalue weighted by Gasteiger charge is -2.12. The summed E-state index contributed by atoms with van der Waals surface area (Å²) in [5, 5.41) is 3.83. The maximum Gasteiger partial charge on any atom is 0.161 e. The summed E-state index contributed by atoms with van der Waals surface area (Å²) >= 11 is 5.98. The third-order valence-electron chi connectivity index (χ3n) is 3.53. The fraction of sp³-hybridized carbons (Fsp3) is 0.250. The summed E-state index contributed by atoms with van der Waals surface area (Å²) in [7, 11) is 0. The quantitative estimate of drug-likeness (QED) is 0.809. The van der Waals surface area contributed by atoms with Crippen LogP contribution in [-0.4, -0.2) is 6.04 Å². The van der Waals surface area contributed by atoms with Crippen molar-refractivity contribution in [1.29, 1.82) is 0 Å². The van der Waals surface area contributed by atoms with Crippen LogP contribution >= 0.6 is 11.6 Å². The van der Waals surface area contributed by atoms with Gasteiger partial charge in [0.2, 0.25) is 0 Å². The molecule has 2 aromatic rings. The topological polar surface area (TPSA) is 12.0 Å². The van der Waals surface area contributed by atoms with Crippen LogP contribution in [0, 0.1) is 17.5 Å². The van der Waals surface area contributed by atoms with Gasteiger partial charge >= 0.3 is 0 Å². The lowest BCUT2D eigenvalue weighted by molar-refractivity contribution is 0.496. The van der Waals surface area contributed by atoms with Crippen LogP contribution in [0.2, 0.25) is 5.02 Å². The monoisotopic (exact) mass is 311 g/mol. The standard InChI is InChI=1S/C16H13ClF3N/c17-10-1-4-12(9(5-10)8-21-11-2-3-11)13-6-15(19)16(20)7-14(13)18/h1,4-7,11,21H,2-3,8H2. The Hall–Kier alpha value is -1.52. The van der Waals surface area contributed by atoms with Crippen molar-refractivity contribution >= 4 is 11.6 Å². The second kappa shape index (κ2) is 5.70. The highest BCUT2D eigenvalue weighted by molar-refractivity contribution is 6.30. The molecule has 1 N–H and O–H groups in total. The molecule has 1 nitrogen and oxygen atoms in total. The van der Waals surface area contributed by atoms with Gasteiger partial charge in [0.25, 0.3) is 0 Å². The molecule has 0 aromatic heterocycles. The van der Waals surface area contributed by atoms with E-state index in [1.165, 1.54) is 0 Å². The smallest absolute Gasteiger partial charge is 0.161 e. The molecule has 5 heteroatoms. The van der Waals surface area contributed by atoms with Gasteiger partial charge in [-0.15, -0.1) is 0 Å². The molecule has 0 spiro atoms. The number of hydrogen-bond acceptors (Lipinski definition) is 1. The van der Waals surface area contributed by atoms with E-state index < -0.39 is 17.5 Å². The Morgan fingerprint density at radius 1 is 0.952 bits per heavy atom. The first-order valence-electron chi connectivity index (χ1n) is 6.71. The molecule has 0 unspecified atom stereocenters. The zero-order valence-electron chi connectivity index (χ0n) is 11.1. The Bertz CT molecular complexity index is 683. The Morgan fingerprint density at radius 2 is 1.67 bits per heavy atom. The van der Waals surface area contributed by atoms with Crippen LogP contribution in [0.3, 0.4) is 0 Å². The Labute approximate surface area is 125 Å². The molecule has 0 saturated heterocycles. The maximum absolute atomic E-state index is 13.9. The number of halogens is 4.